The highest BCUT2D eigenvalue weighted by Gasteiger charge is 2.31. The van der Waals surface area contributed by atoms with Crippen molar-refractivity contribution in [1.29, 1.82) is 0 Å². The second kappa shape index (κ2) is 8.55. The fourth-order valence-corrected chi connectivity index (χ4v) is 2.96. The molecule has 0 radical (unpaired) electrons. The largest absolute Gasteiger partial charge is 0.444 e. The molecule has 7 nitrogen and oxygen atoms in total. The van der Waals surface area contributed by atoms with Crippen LogP contribution in [0.1, 0.15) is 46.5 Å². The number of hydrogen-bond donors (Lipinski definition) is 2. The molecule has 0 unspecified atom stereocenters. The fourth-order valence-electron chi connectivity index (χ4n) is 2.96. The molecule has 1 saturated heterocycles. The van der Waals surface area contributed by atoms with Gasteiger partial charge >= 0.3 is 6.09 Å². The van der Waals surface area contributed by atoms with Crippen molar-refractivity contribution in [2.45, 2.75) is 57.7 Å². The molecule has 2 fully saturated rings. The summed E-state index contributed by atoms with van der Waals surface area (Å²) < 4.78 is 5.38. The molecule has 0 atom stereocenters. The van der Waals surface area contributed by atoms with Gasteiger partial charge in [-0.15, -0.1) is 24.0 Å². The molecule has 2 aliphatic rings. The number of aliphatic imine (C=N–C) groups is 1. The van der Waals surface area contributed by atoms with Crippen molar-refractivity contribution in [3.8, 4) is 0 Å². The third-order valence-corrected chi connectivity index (χ3v) is 4.32. The normalized spacial score (nSPS) is 21.4. The van der Waals surface area contributed by atoms with Gasteiger partial charge in [-0.3, -0.25) is 4.99 Å². The van der Waals surface area contributed by atoms with Crippen LogP contribution in [0.4, 0.5) is 4.79 Å². The van der Waals surface area contributed by atoms with Crippen LogP contribution in [0, 0.1) is 0 Å². The summed E-state index contributed by atoms with van der Waals surface area (Å²) in [5.74, 6) is 0.453. The number of rotatable bonds is 2. The Balaban J connectivity index is 0.00000288. The first kappa shape index (κ1) is 21.3. The number of amides is 1. The molecule has 3 N–H and O–H groups in total. The third kappa shape index (κ3) is 6.27. The van der Waals surface area contributed by atoms with Crippen LogP contribution in [-0.2, 0) is 4.74 Å². The van der Waals surface area contributed by atoms with E-state index in [1.165, 1.54) is 0 Å². The van der Waals surface area contributed by atoms with E-state index in [0.29, 0.717) is 38.7 Å². The van der Waals surface area contributed by atoms with E-state index in [2.05, 4.69) is 4.99 Å². The molecule has 24 heavy (non-hydrogen) atoms. The Bertz CT molecular complexity index is 451. The number of nitrogens with two attached hydrogens (primary N) is 1. The van der Waals surface area contributed by atoms with Crippen molar-refractivity contribution in [2.75, 3.05) is 32.7 Å². The summed E-state index contributed by atoms with van der Waals surface area (Å²) in [4.78, 5) is 20.0. The highest BCUT2D eigenvalue weighted by atomic mass is 127. The summed E-state index contributed by atoms with van der Waals surface area (Å²) in [6.07, 6.45) is 3.43. The average molecular weight is 454 g/mol. The number of carbonyl (C=O) groups is 1. The zero-order valence-corrected chi connectivity index (χ0v) is 17.3. The number of aliphatic hydroxyl groups is 1. The molecule has 140 valence electrons. The van der Waals surface area contributed by atoms with Crippen molar-refractivity contribution in [1.82, 2.24) is 9.80 Å². The lowest BCUT2D eigenvalue weighted by Crippen LogP contribution is -2.53. The molecule has 0 aromatic heterocycles. The van der Waals surface area contributed by atoms with Crippen molar-refractivity contribution in [2.24, 2.45) is 10.7 Å². The zero-order valence-electron chi connectivity index (χ0n) is 15.0. The lowest BCUT2D eigenvalue weighted by atomic mass is 10.0. The quantitative estimate of drug-likeness (QED) is 0.377. The van der Waals surface area contributed by atoms with Gasteiger partial charge in [0.15, 0.2) is 5.96 Å². The van der Waals surface area contributed by atoms with Gasteiger partial charge < -0.3 is 25.4 Å². The monoisotopic (exact) mass is 454 g/mol. The topological polar surface area (TPSA) is 91.4 Å². The highest BCUT2D eigenvalue weighted by molar-refractivity contribution is 14.0. The molecule has 0 bridgehead atoms. The molecule has 0 aromatic rings. The van der Waals surface area contributed by atoms with E-state index < -0.39 is 11.2 Å². The maximum absolute atomic E-state index is 12.0. The van der Waals surface area contributed by atoms with Gasteiger partial charge in [0.1, 0.15) is 5.60 Å². The van der Waals surface area contributed by atoms with Crippen LogP contribution in [0.3, 0.4) is 0 Å². The maximum Gasteiger partial charge on any atom is 0.410 e. The standard InChI is InChI=1S/C16H30N4O3.HI/c1-15(2,3)23-14(21)20-10-8-19(9-11-20)13(17)18-12-16(22)6-4-5-7-16;/h22H,4-12H2,1-3H3,(H2,17,18);1H. The van der Waals surface area contributed by atoms with Crippen LogP contribution >= 0.6 is 24.0 Å². The van der Waals surface area contributed by atoms with Crippen LogP contribution in [0.2, 0.25) is 0 Å². The summed E-state index contributed by atoms with van der Waals surface area (Å²) in [7, 11) is 0. The molecular weight excluding hydrogens is 423 g/mol. The molecule has 2 rings (SSSR count). The number of nitrogens with zero attached hydrogens (tertiary/aromatic N) is 3. The van der Waals surface area contributed by atoms with E-state index in [1.807, 2.05) is 25.7 Å². The van der Waals surface area contributed by atoms with Gasteiger partial charge in [-0.25, -0.2) is 4.79 Å². The predicted molar refractivity (Wildman–Crippen MR) is 105 cm³/mol. The summed E-state index contributed by atoms with van der Waals surface area (Å²) in [5, 5.41) is 10.3. The van der Waals surface area contributed by atoms with Gasteiger partial charge in [0, 0.05) is 26.2 Å². The summed E-state index contributed by atoms with van der Waals surface area (Å²) in [6, 6.07) is 0. The first-order valence-corrected chi connectivity index (χ1v) is 8.44. The molecule has 8 heteroatoms. The summed E-state index contributed by atoms with van der Waals surface area (Å²) in [6.45, 7) is 8.34. The third-order valence-electron chi connectivity index (χ3n) is 4.32. The van der Waals surface area contributed by atoms with E-state index in [-0.39, 0.29) is 30.1 Å². The Labute approximate surface area is 161 Å². The SMILES string of the molecule is CC(C)(C)OC(=O)N1CCN(C(N)=NCC2(O)CCCC2)CC1.I. The Hall–Kier alpha value is -0.770. The smallest absolute Gasteiger partial charge is 0.410 e. The maximum atomic E-state index is 12.0. The minimum Gasteiger partial charge on any atom is -0.444 e. The first-order valence-electron chi connectivity index (χ1n) is 8.44. The van der Waals surface area contributed by atoms with Crippen LogP contribution in [-0.4, -0.2) is 70.9 Å². The molecule has 1 aliphatic carbocycles. The molecular formula is C16H31IN4O3. The van der Waals surface area contributed by atoms with Crippen molar-refractivity contribution in [3.63, 3.8) is 0 Å². The first-order chi connectivity index (χ1) is 10.7. The van der Waals surface area contributed by atoms with Gasteiger partial charge in [-0.1, -0.05) is 12.8 Å². The predicted octanol–water partition coefficient (Wildman–Crippen LogP) is 1.78. The Kier molecular flexibility index (Phi) is 7.58. The Morgan fingerprint density at radius 3 is 2.17 bits per heavy atom. The minimum atomic E-state index is -0.678. The van der Waals surface area contributed by atoms with Crippen LogP contribution in [0.5, 0.6) is 0 Å². The number of hydrogen-bond acceptors (Lipinski definition) is 4. The Morgan fingerprint density at radius 2 is 1.67 bits per heavy atom. The van der Waals surface area contributed by atoms with Crippen molar-refractivity contribution < 1.29 is 14.6 Å². The fraction of sp³-hybridized carbons (Fsp3) is 0.875. The van der Waals surface area contributed by atoms with Gasteiger partial charge in [0.2, 0.25) is 0 Å². The molecule has 1 heterocycles. The van der Waals surface area contributed by atoms with E-state index >= 15 is 0 Å². The van der Waals surface area contributed by atoms with E-state index in [9.17, 15) is 9.90 Å². The number of carbonyl (C=O) groups excluding carboxylic acids is 1. The van der Waals surface area contributed by atoms with Gasteiger partial charge in [-0.05, 0) is 33.6 Å². The second-order valence-electron chi connectivity index (χ2n) is 7.56. The van der Waals surface area contributed by atoms with Crippen LogP contribution in [0.25, 0.3) is 0 Å². The highest BCUT2D eigenvalue weighted by Crippen LogP contribution is 2.29. The lowest BCUT2D eigenvalue weighted by molar-refractivity contribution is 0.0186. The van der Waals surface area contributed by atoms with E-state index in [1.54, 1.807) is 4.90 Å². The summed E-state index contributed by atoms with van der Waals surface area (Å²) in [5.41, 5.74) is 4.88. The molecule has 0 spiro atoms. The average Bonchev–Trinajstić information content (AvgIpc) is 2.90. The zero-order chi connectivity index (χ0) is 17.1. The van der Waals surface area contributed by atoms with Gasteiger partial charge in [-0.2, -0.15) is 0 Å². The molecule has 1 aliphatic heterocycles. The van der Waals surface area contributed by atoms with Crippen molar-refractivity contribution in [3.05, 3.63) is 0 Å². The summed E-state index contributed by atoms with van der Waals surface area (Å²) >= 11 is 0. The molecule has 0 aromatic carbocycles. The van der Waals surface area contributed by atoms with E-state index in [4.69, 9.17) is 10.5 Å². The van der Waals surface area contributed by atoms with Crippen LogP contribution < -0.4 is 5.73 Å². The lowest BCUT2D eigenvalue weighted by Gasteiger charge is -2.36. The minimum absolute atomic E-state index is 0. The van der Waals surface area contributed by atoms with Crippen LogP contribution in [0.15, 0.2) is 4.99 Å². The number of ether oxygens (including phenoxy) is 1. The van der Waals surface area contributed by atoms with Gasteiger partial charge in [0.05, 0.1) is 12.1 Å². The molecule has 1 saturated carbocycles. The van der Waals surface area contributed by atoms with Gasteiger partial charge in [0.25, 0.3) is 0 Å². The molecule has 1 amide bonds. The number of guanidine groups is 1. The van der Waals surface area contributed by atoms with E-state index in [0.717, 1.165) is 25.7 Å². The Morgan fingerprint density at radius 1 is 1.17 bits per heavy atom. The second-order valence-corrected chi connectivity index (χ2v) is 7.56. The van der Waals surface area contributed by atoms with Crippen molar-refractivity contribution >= 4 is 36.0 Å². The number of halogens is 1. The number of piperazine rings is 1.